The van der Waals surface area contributed by atoms with Crippen molar-refractivity contribution in [2.75, 3.05) is 0 Å². The fourth-order valence-corrected chi connectivity index (χ4v) is 0.927. The van der Waals surface area contributed by atoms with E-state index in [1.807, 2.05) is 0 Å². The molecule has 5 heteroatoms. The zero-order valence-corrected chi connectivity index (χ0v) is 4.87. The van der Waals surface area contributed by atoms with Gasteiger partial charge in [-0.25, -0.2) is 0 Å². The van der Waals surface area contributed by atoms with Crippen LogP contribution in [0.1, 0.15) is 0 Å². The lowest BCUT2D eigenvalue weighted by atomic mass is 10.1. The van der Waals surface area contributed by atoms with Crippen LogP contribution in [0, 0.1) is 5.92 Å². The number of nitrogens with one attached hydrogen (secondary N) is 1. The lowest BCUT2D eigenvalue weighted by Gasteiger charge is -1.86. The first-order chi connectivity index (χ1) is 4.79. The summed E-state index contributed by atoms with van der Waals surface area (Å²) in [6.45, 7) is 0. The summed E-state index contributed by atoms with van der Waals surface area (Å²) in [6, 6.07) is 0. The maximum absolute atomic E-state index is 10.8. The minimum Gasteiger partial charge on any atom is -0.290 e. The van der Waals surface area contributed by atoms with Crippen LogP contribution in [0.4, 0.5) is 0 Å². The molecule has 1 N–H and O–H groups in total. The van der Waals surface area contributed by atoms with Gasteiger partial charge in [0.05, 0.1) is 0 Å². The van der Waals surface area contributed by atoms with Crippen molar-refractivity contribution >= 4 is 23.7 Å². The van der Waals surface area contributed by atoms with Gasteiger partial charge < -0.3 is 0 Å². The van der Waals surface area contributed by atoms with Gasteiger partial charge in [-0.1, -0.05) is 0 Å². The third-order valence-corrected chi connectivity index (χ3v) is 1.43. The first kappa shape index (κ1) is 5.28. The molecule has 5 nitrogen and oxygen atoms in total. The molecule has 1 fully saturated rings. The average Bonchev–Trinajstić information content (AvgIpc) is 2.39. The number of fused-ring (bicyclic) bond motifs is 1. The third-order valence-electron chi connectivity index (χ3n) is 1.43. The van der Waals surface area contributed by atoms with Gasteiger partial charge in [-0.3, -0.25) is 14.9 Å². The van der Waals surface area contributed by atoms with Gasteiger partial charge in [-0.2, -0.15) is 5.10 Å². The van der Waals surface area contributed by atoms with Gasteiger partial charge in [-0.15, -0.1) is 5.10 Å². The van der Waals surface area contributed by atoms with Gasteiger partial charge in [0.1, 0.15) is 11.6 Å². The first-order valence-electron chi connectivity index (χ1n) is 2.75. The molecular weight excluding hydrogens is 134 g/mol. The Balaban J connectivity index is 2.47. The van der Waals surface area contributed by atoms with E-state index in [0.717, 1.165) is 0 Å². The SMILES string of the molecule is O=C1NC(=O)C2C=NN=C12. The minimum absolute atomic E-state index is 0.213. The van der Waals surface area contributed by atoms with E-state index in [9.17, 15) is 9.59 Å². The second-order valence-electron chi connectivity index (χ2n) is 2.05. The Kier molecular flexibility index (Phi) is 0.791. The summed E-state index contributed by atoms with van der Waals surface area (Å²) >= 11 is 0. The molecule has 0 radical (unpaired) electrons. The standard InChI is InChI=1S/C5H3N3O2/c9-4-2-1-6-8-3(2)5(10)7-4/h1-2H,(H,7,9,10). The van der Waals surface area contributed by atoms with Crippen molar-refractivity contribution in [3.63, 3.8) is 0 Å². The zero-order chi connectivity index (χ0) is 7.14. The highest BCUT2D eigenvalue weighted by Gasteiger charge is 2.39. The van der Waals surface area contributed by atoms with E-state index < -0.39 is 11.8 Å². The van der Waals surface area contributed by atoms with E-state index in [1.165, 1.54) is 6.21 Å². The number of hydrogen-bond acceptors (Lipinski definition) is 4. The second kappa shape index (κ2) is 1.50. The molecule has 0 aromatic heterocycles. The summed E-state index contributed by atoms with van der Waals surface area (Å²) in [7, 11) is 0. The number of imide groups is 1. The maximum atomic E-state index is 10.8. The van der Waals surface area contributed by atoms with E-state index in [-0.39, 0.29) is 11.6 Å². The molecule has 50 valence electrons. The quantitative estimate of drug-likeness (QED) is 0.421. The Morgan fingerprint density at radius 3 is 3.00 bits per heavy atom. The fourth-order valence-electron chi connectivity index (χ4n) is 0.927. The van der Waals surface area contributed by atoms with Crippen LogP contribution in [-0.4, -0.2) is 23.7 Å². The lowest BCUT2D eigenvalue weighted by molar-refractivity contribution is -0.124. The fraction of sp³-hybridized carbons (Fsp3) is 0.200. The van der Waals surface area contributed by atoms with E-state index in [0.29, 0.717) is 0 Å². The van der Waals surface area contributed by atoms with Gasteiger partial charge in [0, 0.05) is 6.21 Å². The predicted octanol–water partition coefficient (Wildman–Crippen LogP) is -1.30. The molecule has 0 aromatic rings. The number of carbonyl (C=O) groups excluding carboxylic acids is 2. The van der Waals surface area contributed by atoms with Crippen LogP contribution >= 0.6 is 0 Å². The summed E-state index contributed by atoms with van der Waals surface area (Å²) < 4.78 is 0. The van der Waals surface area contributed by atoms with E-state index >= 15 is 0 Å². The van der Waals surface area contributed by atoms with Crippen LogP contribution < -0.4 is 5.32 Å². The molecule has 2 rings (SSSR count). The minimum atomic E-state index is -0.521. The Bertz CT molecular complexity index is 279. The molecule has 0 aromatic carbocycles. The molecular formula is C5H3N3O2. The Hall–Kier alpha value is -1.52. The molecule has 2 heterocycles. The van der Waals surface area contributed by atoms with Crippen LogP contribution in [0.25, 0.3) is 0 Å². The van der Waals surface area contributed by atoms with Gasteiger partial charge >= 0.3 is 0 Å². The molecule has 0 spiro atoms. The summed E-state index contributed by atoms with van der Waals surface area (Å²) in [5.74, 6) is -1.27. The van der Waals surface area contributed by atoms with Gasteiger partial charge in [0.25, 0.3) is 5.91 Å². The van der Waals surface area contributed by atoms with Crippen LogP contribution in [0.2, 0.25) is 0 Å². The van der Waals surface area contributed by atoms with Crippen molar-refractivity contribution in [1.82, 2.24) is 5.32 Å². The predicted molar refractivity (Wildman–Crippen MR) is 32.6 cm³/mol. The normalized spacial score (nSPS) is 28.4. The topological polar surface area (TPSA) is 70.9 Å². The lowest BCUT2D eigenvalue weighted by Crippen LogP contribution is -2.22. The number of nitrogens with zero attached hydrogens (tertiary/aromatic N) is 2. The Labute approximate surface area is 55.8 Å². The van der Waals surface area contributed by atoms with Crippen LogP contribution in [0.15, 0.2) is 10.2 Å². The summed E-state index contributed by atoms with van der Waals surface area (Å²) in [6.07, 6.45) is 1.36. The molecule has 10 heavy (non-hydrogen) atoms. The Morgan fingerprint density at radius 2 is 2.30 bits per heavy atom. The van der Waals surface area contributed by atoms with Gasteiger partial charge in [-0.05, 0) is 0 Å². The summed E-state index contributed by atoms with van der Waals surface area (Å²) in [5, 5.41) is 9.05. The zero-order valence-electron chi connectivity index (χ0n) is 4.87. The van der Waals surface area contributed by atoms with Gasteiger partial charge in [0.15, 0.2) is 0 Å². The molecule has 1 unspecified atom stereocenters. The number of hydrogen-bond donors (Lipinski definition) is 1. The molecule has 0 aliphatic carbocycles. The van der Waals surface area contributed by atoms with Crippen LogP contribution in [0.5, 0.6) is 0 Å². The number of rotatable bonds is 0. The molecule has 0 saturated carbocycles. The smallest absolute Gasteiger partial charge is 0.275 e. The first-order valence-corrected chi connectivity index (χ1v) is 2.75. The molecule has 1 atom stereocenters. The molecule has 0 bridgehead atoms. The third kappa shape index (κ3) is 0.464. The van der Waals surface area contributed by atoms with E-state index in [4.69, 9.17) is 0 Å². The summed E-state index contributed by atoms with van der Waals surface area (Å²) in [5.41, 5.74) is 0.213. The van der Waals surface area contributed by atoms with Crippen molar-refractivity contribution in [3.8, 4) is 0 Å². The van der Waals surface area contributed by atoms with Crippen molar-refractivity contribution in [3.05, 3.63) is 0 Å². The van der Waals surface area contributed by atoms with Crippen LogP contribution in [-0.2, 0) is 9.59 Å². The number of amides is 2. The monoisotopic (exact) mass is 137 g/mol. The van der Waals surface area contributed by atoms with Crippen molar-refractivity contribution in [2.24, 2.45) is 16.1 Å². The molecule has 2 aliphatic heterocycles. The second-order valence-corrected chi connectivity index (χ2v) is 2.05. The van der Waals surface area contributed by atoms with Crippen molar-refractivity contribution in [1.29, 1.82) is 0 Å². The van der Waals surface area contributed by atoms with Crippen molar-refractivity contribution in [2.45, 2.75) is 0 Å². The van der Waals surface area contributed by atoms with Gasteiger partial charge in [0.2, 0.25) is 5.91 Å². The van der Waals surface area contributed by atoms with E-state index in [2.05, 4.69) is 15.5 Å². The highest BCUT2D eigenvalue weighted by Crippen LogP contribution is 2.10. The highest BCUT2D eigenvalue weighted by atomic mass is 16.2. The largest absolute Gasteiger partial charge is 0.290 e. The highest BCUT2D eigenvalue weighted by molar-refractivity contribution is 6.54. The maximum Gasteiger partial charge on any atom is 0.275 e. The molecule has 1 saturated heterocycles. The summed E-state index contributed by atoms with van der Waals surface area (Å²) in [4.78, 5) is 21.5. The number of carbonyl (C=O) groups is 2. The van der Waals surface area contributed by atoms with E-state index in [1.54, 1.807) is 0 Å². The molecule has 2 amide bonds. The Morgan fingerprint density at radius 1 is 1.50 bits per heavy atom. The van der Waals surface area contributed by atoms with Crippen LogP contribution in [0.3, 0.4) is 0 Å². The average molecular weight is 137 g/mol. The molecule has 2 aliphatic rings. The van der Waals surface area contributed by atoms with Crippen molar-refractivity contribution < 1.29 is 9.59 Å².